The van der Waals surface area contributed by atoms with Gasteiger partial charge in [-0.3, -0.25) is 0 Å². The van der Waals surface area contributed by atoms with Crippen LogP contribution in [0.5, 0.6) is 5.75 Å². The van der Waals surface area contributed by atoms with Crippen LogP contribution < -0.4 is 4.74 Å². The average Bonchev–Trinajstić information content (AvgIpc) is 2.14. The molecule has 0 heterocycles. The van der Waals surface area contributed by atoms with Gasteiger partial charge in [0, 0.05) is 0 Å². The highest BCUT2D eigenvalue weighted by atomic mass is 16.5. The van der Waals surface area contributed by atoms with Gasteiger partial charge >= 0.3 is 0 Å². The van der Waals surface area contributed by atoms with Crippen molar-refractivity contribution in [3.8, 4) is 5.75 Å². The fraction of sp³-hybridized carbons (Fsp3) is 0.500. The third-order valence-corrected chi connectivity index (χ3v) is 1.87. The van der Waals surface area contributed by atoms with E-state index < -0.39 is 0 Å². The minimum absolute atomic E-state index is 0.769. The van der Waals surface area contributed by atoms with Gasteiger partial charge in [-0.2, -0.15) is 0 Å². The molecule has 1 aromatic carbocycles. The summed E-state index contributed by atoms with van der Waals surface area (Å²) < 4.78 is 5.53. The molecule has 1 aromatic rings. The predicted molar refractivity (Wildman–Crippen MR) is 54.8 cm³/mol. The van der Waals surface area contributed by atoms with Crippen molar-refractivity contribution in [3.05, 3.63) is 30.3 Å². The van der Waals surface area contributed by atoms with Crippen LogP contribution >= 0.6 is 0 Å². The molecule has 0 aromatic heterocycles. The minimum Gasteiger partial charge on any atom is -0.494 e. The van der Waals surface area contributed by atoms with Gasteiger partial charge in [-0.15, -0.1) is 0 Å². The van der Waals surface area contributed by atoms with Crippen molar-refractivity contribution in [2.45, 2.75) is 26.7 Å². The Morgan fingerprint density at radius 3 is 2.92 bits per heavy atom. The molecule has 0 bridgehead atoms. The van der Waals surface area contributed by atoms with E-state index in [0.29, 0.717) is 0 Å². The Morgan fingerprint density at radius 2 is 2.31 bits per heavy atom. The molecular weight excluding hydrogens is 160 g/mol. The summed E-state index contributed by atoms with van der Waals surface area (Å²) >= 11 is 0. The molecule has 1 nitrogen and oxygen atoms in total. The second kappa shape index (κ2) is 5.63. The van der Waals surface area contributed by atoms with Crippen molar-refractivity contribution in [1.82, 2.24) is 0 Å². The summed E-state index contributed by atoms with van der Waals surface area (Å²) in [7, 11) is 0. The van der Waals surface area contributed by atoms with E-state index in [0.717, 1.165) is 24.7 Å². The lowest BCUT2D eigenvalue weighted by atomic mass is 10.1. The first-order valence-corrected chi connectivity index (χ1v) is 4.88. The molecule has 0 atom stereocenters. The fourth-order valence-corrected chi connectivity index (χ4v) is 1.15. The van der Waals surface area contributed by atoms with Gasteiger partial charge in [-0.1, -0.05) is 26.0 Å². The molecule has 0 aliphatic heterocycles. The van der Waals surface area contributed by atoms with Crippen molar-refractivity contribution in [2.24, 2.45) is 5.92 Å². The van der Waals surface area contributed by atoms with Gasteiger partial charge in [0.15, 0.2) is 0 Å². The van der Waals surface area contributed by atoms with Crippen LogP contribution in [0, 0.1) is 12.0 Å². The number of ether oxygens (including phenoxy) is 1. The summed E-state index contributed by atoms with van der Waals surface area (Å²) in [5.41, 5.74) is 0. The molecule has 0 fully saturated rings. The molecule has 71 valence electrons. The summed E-state index contributed by atoms with van der Waals surface area (Å²) in [5.74, 6) is 1.69. The molecule has 0 saturated heterocycles. The first-order valence-electron chi connectivity index (χ1n) is 4.88. The summed E-state index contributed by atoms with van der Waals surface area (Å²) in [6, 6.07) is 10.6. The Hall–Kier alpha value is -0.980. The summed E-state index contributed by atoms with van der Waals surface area (Å²) in [4.78, 5) is 0. The quantitative estimate of drug-likeness (QED) is 0.627. The summed E-state index contributed by atoms with van der Waals surface area (Å²) in [6.45, 7) is 5.28. The second-order valence-electron chi connectivity index (χ2n) is 3.62. The largest absolute Gasteiger partial charge is 0.494 e. The molecule has 0 unspecified atom stereocenters. The van der Waals surface area contributed by atoms with Gasteiger partial charge < -0.3 is 4.74 Å². The monoisotopic (exact) mass is 177 g/mol. The minimum atomic E-state index is 0.769. The first-order chi connectivity index (χ1) is 6.29. The van der Waals surface area contributed by atoms with Gasteiger partial charge in [-0.05, 0) is 37.0 Å². The lowest BCUT2D eigenvalue weighted by Crippen LogP contribution is -1.99. The molecular formula is C12H17O. The van der Waals surface area contributed by atoms with Gasteiger partial charge in [0.05, 0.1) is 6.61 Å². The number of hydrogen-bond donors (Lipinski definition) is 0. The Kier molecular flexibility index (Phi) is 4.37. The van der Waals surface area contributed by atoms with Crippen LogP contribution in [-0.4, -0.2) is 6.61 Å². The van der Waals surface area contributed by atoms with Gasteiger partial charge in [0.1, 0.15) is 5.75 Å². The van der Waals surface area contributed by atoms with Gasteiger partial charge in [0.25, 0.3) is 0 Å². The standard InChI is InChI=1S/C12H17O/c1-11(2)7-6-10-13-12-8-4-3-5-9-12/h3-4,8-9,11H,6-7,10H2,1-2H3. The zero-order valence-electron chi connectivity index (χ0n) is 8.42. The van der Waals surface area contributed by atoms with E-state index in [1.165, 1.54) is 6.42 Å². The molecule has 0 saturated carbocycles. The van der Waals surface area contributed by atoms with Gasteiger partial charge in [0.2, 0.25) is 0 Å². The zero-order chi connectivity index (χ0) is 9.52. The van der Waals surface area contributed by atoms with E-state index in [1.54, 1.807) is 0 Å². The van der Waals surface area contributed by atoms with Crippen molar-refractivity contribution >= 4 is 0 Å². The van der Waals surface area contributed by atoms with Crippen LogP contribution in [0.3, 0.4) is 0 Å². The van der Waals surface area contributed by atoms with E-state index in [9.17, 15) is 0 Å². The average molecular weight is 177 g/mol. The van der Waals surface area contributed by atoms with E-state index >= 15 is 0 Å². The first kappa shape index (κ1) is 10.1. The van der Waals surface area contributed by atoms with Crippen LogP contribution in [0.2, 0.25) is 0 Å². The van der Waals surface area contributed by atoms with Crippen LogP contribution in [-0.2, 0) is 0 Å². The lowest BCUT2D eigenvalue weighted by Gasteiger charge is -2.06. The van der Waals surface area contributed by atoms with Gasteiger partial charge in [-0.25, -0.2) is 0 Å². The maximum Gasteiger partial charge on any atom is 0.119 e. The third-order valence-electron chi connectivity index (χ3n) is 1.87. The molecule has 0 amide bonds. The fourth-order valence-electron chi connectivity index (χ4n) is 1.15. The summed E-state index contributed by atoms with van der Waals surface area (Å²) in [5, 5.41) is 0. The molecule has 1 heteroatoms. The smallest absolute Gasteiger partial charge is 0.119 e. The molecule has 13 heavy (non-hydrogen) atoms. The van der Waals surface area contributed by atoms with E-state index in [2.05, 4.69) is 19.9 Å². The molecule has 0 aliphatic carbocycles. The normalized spacial score (nSPS) is 10.4. The second-order valence-corrected chi connectivity index (χ2v) is 3.62. The summed E-state index contributed by atoms with van der Waals surface area (Å²) in [6.07, 6.45) is 2.36. The Morgan fingerprint density at radius 1 is 1.46 bits per heavy atom. The van der Waals surface area contributed by atoms with Crippen molar-refractivity contribution in [2.75, 3.05) is 6.61 Å². The molecule has 0 N–H and O–H groups in total. The number of hydrogen-bond acceptors (Lipinski definition) is 1. The molecule has 1 rings (SSSR count). The Labute approximate surface area is 80.7 Å². The highest BCUT2D eigenvalue weighted by Gasteiger charge is 1.94. The SMILES string of the molecule is CC(C)CCCOc1c[c]ccc1. The molecule has 0 spiro atoms. The van der Waals surface area contributed by atoms with Crippen LogP contribution in [0.25, 0.3) is 0 Å². The molecule has 1 radical (unpaired) electrons. The third kappa shape index (κ3) is 4.56. The predicted octanol–water partition coefficient (Wildman–Crippen LogP) is 3.30. The number of rotatable bonds is 5. The highest BCUT2D eigenvalue weighted by molar-refractivity contribution is 5.19. The van der Waals surface area contributed by atoms with E-state index in [4.69, 9.17) is 4.74 Å². The van der Waals surface area contributed by atoms with Crippen LogP contribution in [0.15, 0.2) is 24.3 Å². The van der Waals surface area contributed by atoms with E-state index in [-0.39, 0.29) is 0 Å². The Balaban J connectivity index is 2.13. The van der Waals surface area contributed by atoms with Crippen LogP contribution in [0.1, 0.15) is 26.7 Å². The van der Waals surface area contributed by atoms with E-state index in [1.807, 2.05) is 24.3 Å². The van der Waals surface area contributed by atoms with Crippen LogP contribution in [0.4, 0.5) is 0 Å². The van der Waals surface area contributed by atoms with Crippen molar-refractivity contribution in [3.63, 3.8) is 0 Å². The highest BCUT2D eigenvalue weighted by Crippen LogP contribution is 2.09. The topological polar surface area (TPSA) is 9.23 Å². The lowest BCUT2D eigenvalue weighted by molar-refractivity contribution is 0.297. The maximum absolute atomic E-state index is 5.53. The van der Waals surface area contributed by atoms with Crippen molar-refractivity contribution < 1.29 is 4.74 Å². The maximum atomic E-state index is 5.53. The zero-order valence-corrected chi connectivity index (χ0v) is 8.42. The van der Waals surface area contributed by atoms with Crippen molar-refractivity contribution in [1.29, 1.82) is 0 Å². The molecule has 0 aliphatic rings. The Bertz CT molecular complexity index is 216. The number of benzene rings is 1.